The maximum atomic E-state index is 13.7. The summed E-state index contributed by atoms with van der Waals surface area (Å²) in [5, 5.41) is -0.414. The van der Waals surface area contributed by atoms with E-state index in [4.69, 9.17) is 11.6 Å². The largest absolute Gasteiger partial charge is 0.419 e. The number of halogens is 6. The molecule has 1 aliphatic heterocycles. The third-order valence-corrected chi connectivity index (χ3v) is 3.15. The second-order valence-corrected chi connectivity index (χ2v) is 4.48. The quantitative estimate of drug-likeness (QED) is 0.551. The van der Waals surface area contributed by atoms with Gasteiger partial charge in [0.1, 0.15) is 0 Å². The lowest BCUT2D eigenvalue weighted by Gasteiger charge is -2.21. The molecule has 0 unspecified atom stereocenters. The molecule has 0 radical (unpaired) electrons. The van der Waals surface area contributed by atoms with E-state index in [9.17, 15) is 22.0 Å². The van der Waals surface area contributed by atoms with Gasteiger partial charge in [-0.1, -0.05) is 11.6 Å². The molecule has 1 nitrogen and oxygen atoms in total. The average molecular weight is 286 g/mol. The lowest BCUT2D eigenvalue weighted by atomic mass is 10.1. The smallest absolute Gasteiger partial charge is 0.368 e. The van der Waals surface area contributed by atoms with Gasteiger partial charge < -0.3 is 4.90 Å². The second-order valence-electron chi connectivity index (χ2n) is 4.07. The lowest BCUT2D eigenvalue weighted by Crippen LogP contribution is -2.21. The van der Waals surface area contributed by atoms with Gasteiger partial charge in [0.25, 0.3) is 0 Å². The fourth-order valence-corrected chi connectivity index (χ4v) is 2.33. The first-order valence-corrected chi connectivity index (χ1v) is 5.70. The molecule has 0 saturated carbocycles. The molecule has 0 amide bonds. The number of nitrogens with zero attached hydrogens (tertiary/aromatic N) is 1. The van der Waals surface area contributed by atoms with E-state index in [0.29, 0.717) is 19.2 Å². The van der Waals surface area contributed by atoms with Crippen molar-refractivity contribution in [3.05, 3.63) is 28.3 Å². The third kappa shape index (κ3) is 2.25. The van der Waals surface area contributed by atoms with Crippen molar-refractivity contribution in [3.63, 3.8) is 0 Å². The highest BCUT2D eigenvalue weighted by Gasteiger charge is 2.38. The van der Waals surface area contributed by atoms with Gasteiger partial charge in [-0.3, -0.25) is 0 Å². The van der Waals surface area contributed by atoms with Gasteiger partial charge in [0.15, 0.2) is 11.6 Å². The van der Waals surface area contributed by atoms with E-state index in [2.05, 4.69) is 0 Å². The van der Waals surface area contributed by atoms with Crippen molar-refractivity contribution in [2.45, 2.75) is 19.0 Å². The molecule has 0 bridgehead atoms. The number of rotatable bonds is 1. The zero-order valence-electron chi connectivity index (χ0n) is 9.12. The first kappa shape index (κ1) is 13.4. The van der Waals surface area contributed by atoms with Crippen LogP contribution in [0.2, 0.25) is 5.02 Å². The predicted molar refractivity (Wildman–Crippen MR) is 57.8 cm³/mol. The van der Waals surface area contributed by atoms with Gasteiger partial charge in [0.05, 0.1) is 16.3 Å². The molecule has 0 atom stereocenters. The summed E-state index contributed by atoms with van der Waals surface area (Å²) in [7, 11) is 0. The van der Waals surface area contributed by atoms with Gasteiger partial charge in [-0.15, -0.1) is 0 Å². The number of benzene rings is 1. The molecule has 100 valence electrons. The maximum Gasteiger partial charge on any atom is 0.419 e. The zero-order chi connectivity index (χ0) is 13.5. The summed E-state index contributed by atoms with van der Waals surface area (Å²) in [6, 6.07) is 0.438. The highest BCUT2D eigenvalue weighted by molar-refractivity contribution is 6.33. The van der Waals surface area contributed by atoms with Crippen LogP contribution < -0.4 is 4.90 Å². The van der Waals surface area contributed by atoms with Gasteiger partial charge in [0, 0.05) is 13.1 Å². The number of hydrogen-bond donors (Lipinski definition) is 0. The standard InChI is InChI=1S/C11H9ClF5N/c12-7-5-6(11(15,16)17)8(13)9(14)10(7)18-3-1-2-4-18/h5H,1-4H2. The highest BCUT2D eigenvalue weighted by Crippen LogP contribution is 2.40. The van der Waals surface area contributed by atoms with Crippen molar-refractivity contribution in [3.8, 4) is 0 Å². The van der Waals surface area contributed by atoms with Crippen LogP contribution in [-0.4, -0.2) is 13.1 Å². The average Bonchev–Trinajstić information content (AvgIpc) is 2.75. The van der Waals surface area contributed by atoms with E-state index in [1.807, 2.05) is 0 Å². The van der Waals surface area contributed by atoms with Gasteiger partial charge in [-0.2, -0.15) is 13.2 Å². The minimum Gasteiger partial charge on any atom is -0.368 e. The van der Waals surface area contributed by atoms with Crippen LogP contribution in [0.1, 0.15) is 18.4 Å². The van der Waals surface area contributed by atoms with E-state index >= 15 is 0 Å². The van der Waals surface area contributed by atoms with Gasteiger partial charge in [-0.05, 0) is 18.9 Å². The van der Waals surface area contributed by atoms with E-state index in [0.717, 1.165) is 12.8 Å². The molecule has 1 fully saturated rings. The maximum absolute atomic E-state index is 13.7. The van der Waals surface area contributed by atoms with Crippen LogP contribution in [0.25, 0.3) is 0 Å². The molecule has 1 aromatic carbocycles. The first-order chi connectivity index (χ1) is 8.32. The summed E-state index contributed by atoms with van der Waals surface area (Å²) in [5.41, 5.74) is -1.95. The molecule has 0 spiro atoms. The Bertz CT molecular complexity index is 465. The second kappa shape index (κ2) is 4.57. The van der Waals surface area contributed by atoms with Crippen molar-refractivity contribution in [1.29, 1.82) is 0 Å². The molecule has 2 rings (SSSR count). The predicted octanol–water partition coefficient (Wildman–Crippen LogP) is 4.24. The number of hydrogen-bond acceptors (Lipinski definition) is 1. The molecule has 1 saturated heterocycles. The fraction of sp³-hybridized carbons (Fsp3) is 0.455. The van der Waals surface area contributed by atoms with E-state index < -0.39 is 28.4 Å². The molecule has 1 aromatic rings. The summed E-state index contributed by atoms with van der Waals surface area (Å²) in [4.78, 5) is 1.46. The topological polar surface area (TPSA) is 3.24 Å². The van der Waals surface area contributed by atoms with Crippen LogP contribution in [-0.2, 0) is 6.18 Å². The van der Waals surface area contributed by atoms with Crippen molar-refractivity contribution in [1.82, 2.24) is 0 Å². The molecule has 0 aliphatic carbocycles. The number of alkyl halides is 3. The molecular formula is C11H9ClF5N. The lowest BCUT2D eigenvalue weighted by molar-refractivity contribution is -0.140. The third-order valence-electron chi connectivity index (χ3n) is 2.86. The van der Waals surface area contributed by atoms with E-state index in [1.165, 1.54) is 4.90 Å². The molecule has 0 N–H and O–H groups in total. The van der Waals surface area contributed by atoms with Crippen molar-refractivity contribution in [2.24, 2.45) is 0 Å². The van der Waals surface area contributed by atoms with Gasteiger partial charge in [-0.25, -0.2) is 8.78 Å². The zero-order valence-corrected chi connectivity index (χ0v) is 9.88. The highest BCUT2D eigenvalue weighted by atomic mass is 35.5. The molecule has 18 heavy (non-hydrogen) atoms. The summed E-state index contributed by atoms with van der Waals surface area (Å²) in [5.74, 6) is -3.43. The SMILES string of the molecule is Fc1c(C(F)(F)F)cc(Cl)c(N2CCCC2)c1F. The molecule has 1 heterocycles. The van der Waals surface area contributed by atoms with E-state index in [-0.39, 0.29) is 5.69 Å². The number of anilines is 1. The summed E-state index contributed by atoms with van der Waals surface area (Å²) in [6.45, 7) is 0.920. The minimum absolute atomic E-state index is 0.278. The van der Waals surface area contributed by atoms with Crippen LogP contribution in [0.15, 0.2) is 6.07 Å². The van der Waals surface area contributed by atoms with Gasteiger partial charge in [0.2, 0.25) is 0 Å². The first-order valence-electron chi connectivity index (χ1n) is 5.32. The molecular weight excluding hydrogens is 277 g/mol. The van der Waals surface area contributed by atoms with Crippen LogP contribution in [0, 0.1) is 11.6 Å². The van der Waals surface area contributed by atoms with Crippen LogP contribution in [0.4, 0.5) is 27.6 Å². The van der Waals surface area contributed by atoms with Crippen LogP contribution >= 0.6 is 11.6 Å². The summed E-state index contributed by atoms with van der Waals surface area (Å²) >= 11 is 5.64. The Labute approximate surface area is 105 Å². The summed E-state index contributed by atoms with van der Waals surface area (Å²) < 4.78 is 64.4. The van der Waals surface area contributed by atoms with Crippen molar-refractivity contribution < 1.29 is 22.0 Å². The van der Waals surface area contributed by atoms with Crippen LogP contribution in [0.5, 0.6) is 0 Å². The fourth-order valence-electron chi connectivity index (χ4n) is 2.02. The Morgan fingerprint density at radius 2 is 1.61 bits per heavy atom. The summed E-state index contributed by atoms with van der Waals surface area (Å²) in [6.07, 6.45) is -3.41. The Morgan fingerprint density at radius 1 is 1.06 bits per heavy atom. The van der Waals surface area contributed by atoms with Crippen molar-refractivity contribution >= 4 is 17.3 Å². The van der Waals surface area contributed by atoms with Gasteiger partial charge >= 0.3 is 6.18 Å². The minimum atomic E-state index is -4.96. The molecule has 1 aliphatic rings. The molecule has 0 aromatic heterocycles. The van der Waals surface area contributed by atoms with Crippen LogP contribution in [0.3, 0.4) is 0 Å². The Balaban J connectivity index is 2.54. The molecule has 7 heteroatoms. The normalized spacial score (nSPS) is 16.4. The Morgan fingerprint density at radius 3 is 2.11 bits per heavy atom. The Kier molecular flexibility index (Phi) is 3.40. The monoisotopic (exact) mass is 285 g/mol. The Hall–Kier alpha value is -1.04. The van der Waals surface area contributed by atoms with E-state index in [1.54, 1.807) is 0 Å². The van der Waals surface area contributed by atoms with Crippen molar-refractivity contribution in [2.75, 3.05) is 18.0 Å².